The molecule has 1 heterocycles. The molecule has 2 aromatic rings. The summed E-state index contributed by atoms with van der Waals surface area (Å²) in [7, 11) is 1.66. The number of rotatable bonds is 5. The second-order valence-corrected chi connectivity index (χ2v) is 6.88. The van der Waals surface area contributed by atoms with Gasteiger partial charge in [-0.1, -0.05) is 65.0 Å². The Morgan fingerprint density at radius 1 is 1.07 bits per heavy atom. The van der Waals surface area contributed by atoms with Gasteiger partial charge in [-0.2, -0.15) is 0 Å². The van der Waals surface area contributed by atoms with Gasteiger partial charge in [0.2, 0.25) is 0 Å². The van der Waals surface area contributed by atoms with E-state index in [0.29, 0.717) is 5.41 Å². The van der Waals surface area contributed by atoms with Crippen LogP contribution >= 0.6 is 0 Å². The molecule has 0 aliphatic heterocycles. The summed E-state index contributed by atoms with van der Waals surface area (Å²) < 4.78 is 5.11. The maximum Gasteiger partial charge on any atom is 0.130 e. The van der Waals surface area contributed by atoms with Crippen LogP contribution in [0.2, 0.25) is 0 Å². The molecule has 1 aromatic heterocycles. The molecule has 0 saturated carbocycles. The second kappa shape index (κ2) is 13.6. The van der Waals surface area contributed by atoms with Gasteiger partial charge in [-0.05, 0) is 48.6 Å². The van der Waals surface area contributed by atoms with Gasteiger partial charge < -0.3 is 9.72 Å². The van der Waals surface area contributed by atoms with Gasteiger partial charge in [-0.25, -0.2) is 4.98 Å². The Balaban J connectivity index is 0.000000637. The first kappa shape index (κ1) is 24.5. The molecule has 2 rings (SSSR count). The first-order chi connectivity index (χ1) is 12.9. The largest absolute Gasteiger partial charge is 0.497 e. The Bertz CT molecular complexity index is 686. The third kappa shape index (κ3) is 11.6. The number of benzene rings is 1. The van der Waals surface area contributed by atoms with Gasteiger partial charge in [0, 0.05) is 0 Å². The van der Waals surface area contributed by atoms with Crippen LogP contribution in [0.5, 0.6) is 5.75 Å². The van der Waals surface area contributed by atoms with Gasteiger partial charge in [-0.3, -0.25) is 0 Å². The van der Waals surface area contributed by atoms with Gasteiger partial charge in [0.15, 0.2) is 0 Å². The summed E-state index contributed by atoms with van der Waals surface area (Å²) >= 11 is 0. The molecule has 0 saturated heterocycles. The van der Waals surface area contributed by atoms with E-state index >= 15 is 0 Å². The summed E-state index contributed by atoms with van der Waals surface area (Å²) in [5, 5.41) is 0. The number of methoxy groups -OCH3 is 1. The summed E-state index contributed by atoms with van der Waals surface area (Å²) in [6.45, 7) is 16.2. The molecule has 3 heteroatoms. The molecule has 3 nitrogen and oxygen atoms in total. The van der Waals surface area contributed by atoms with Gasteiger partial charge in [0.05, 0.1) is 19.0 Å². The Morgan fingerprint density at radius 2 is 1.70 bits per heavy atom. The first-order valence-corrected chi connectivity index (χ1v) is 9.48. The SMILES string of the molecule is C/C=C/c1cnc(/C=C/c2ccc(OC)cc2)[nH]1.C=CCC(C)(C)C.CC. The molecular formula is C24H36N2O. The lowest BCUT2D eigenvalue weighted by Crippen LogP contribution is -2.01. The zero-order valence-electron chi connectivity index (χ0n) is 18.0. The maximum atomic E-state index is 5.11. The lowest BCUT2D eigenvalue weighted by Gasteiger charge is -2.13. The number of imidazole rings is 1. The number of hydrogen-bond donors (Lipinski definition) is 1. The van der Waals surface area contributed by atoms with Crippen LogP contribution in [0.3, 0.4) is 0 Å². The number of aromatic amines is 1. The van der Waals surface area contributed by atoms with E-state index in [1.54, 1.807) is 7.11 Å². The first-order valence-electron chi connectivity index (χ1n) is 9.48. The van der Waals surface area contributed by atoms with Crippen molar-refractivity contribution in [2.75, 3.05) is 7.11 Å². The molecular weight excluding hydrogens is 332 g/mol. The highest BCUT2D eigenvalue weighted by atomic mass is 16.5. The quantitative estimate of drug-likeness (QED) is 0.564. The number of nitrogens with one attached hydrogen (secondary N) is 1. The second-order valence-electron chi connectivity index (χ2n) is 6.88. The highest BCUT2D eigenvalue weighted by Crippen LogP contribution is 2.17. The molecule has 0 aliphatic rings. The van der Waals surface area contributed by atoms with Gasteiger partial charge >= 0.3 is 0 Å². The molecule has 0 unspecified atom stereocenters. The summed E-state index contributed by atoms with van der Waals surface area (Å²) in [5.41, 5.74) is 2.55. The van der Waals surface area contributed by atoms with Crippen molar-refractivity contribution in [3.63, 3.8) is 0 Å². The van der Waals surface area contributed by atoms with Gasteiger partial charge in [-0.15, -0.1) is 6.58 Å². The minimum Gasteiger partial charge on any atom is -0.497 e. The fraction of sp³-hybridized carbons (Fsp3) is 0.375. The van der Waals surface area contributed by atoms with Crippen LogP contribution in [0.4, 0.5) is 0 Å². The molecule has 0 fully saturated rings. The fourth-order valence-corrected chi connectivity index (χ4v) is 2.02. The molecule has 148 valence electrons. The molecule has 1 aromatic carbocycles. The number of allylic oxidation sites excluding steroid dienone is 2. The topological polar surface area (TPSA) is 37.9 Å². The van der Waals surface area contributed by atoms with Crippen molar-refractivity contribution in [3.05, 3.63) is 66.3 Å². The Labute approximate surface area is 165 Å². The number of nitrogens with zero attached hydrogens (tertiary/aromatic N) is 1. The zero-order valence-corrected chi connectivity index (χ0v) is 18.0. The average molecular weight is 369 g/mol. The van der Waals surface area contributed by atoms with E-state index in [9.17, 15) is 0 Å². The van der Waals surface area contributed by atoms with Crippen molar-refractivity contribution in [2.24, 2.45) is 5.41 Å². The lowest BCUT2D eigenvalue weighted by molar-refractivity contribution is 0.415. The third-order valence-electron chi connectivity index (χ3n) is 3.27. The number of H-pyrrole nitrogens is 1. The van der Waals surface area contributed by atoms with Crippen LogP contribution in [0.1, 0.15) is 65.0 Å². The Hall–Kier alpha value is -2.55. The van der Waals surface area contributed by atoms with Crippen molar-refractivity contribution in [1.82, 2.24) is 9.97 Å². The average Bonchev–Trinajstić information content (AvgIpc) is 3.09. The summed E-state index contributed by atoms with van der Waals surface area (Å²) in [6, 6.07) is 7.89. The van der Waals surface area contributed by atoms with Crippen LogP contribution in [-0.4, -0.2) is 17.1 Å². The molecule has 0 amide bonds. The van der Waals surface area contributed by atoms with Crippen molar-refractivity contribution in [3.8, 4) is 5.75 Å². The molecule has 27 heavy (non-hydrogen) atoms. The van der Waals surface area contributed by atoms with Gasteiger partial charge in [0.1, 0.15) is 11.6 Å². The molecule has 0 radical (unpaired) electrons. The fourth-order valence-electron chi connectivity index (χ4n) is 2.02. The molecule has 0 atom stereocenters. The van der Waals surface area contributed by atoms with Crippen LogP contribution in [-0.2, 0) is 0 Å². The Morgan fingerprint density at radius 3 is 2.15 bits per heavy atom. The number of aromatic nitrogens is 2. The summed E-state index contributed by atoms with van der Waals surface area (Å²) in [6.07, 6.45) is 12.8. The molecule has 0 aliphatic carbocycles. The van der Waals surface area contributed by atoms with Crippen LogP contribution < -0.4 is 4.74 Å². The summed E-state index contributed by atoms with van der Waals surface area (Å²) in [4.78, 5) is 7.46. The van der Waals surface area contributed by atoms with Gasteiger partial charge in [0.25, 0.3) is 0 Å². The van der Waals surface area contributed by atoms with Crippen LogP contribution in [0.15, 0.2) is 49.2 Å². The van der Waals surface area contributed by atoms with E-state index in [-0.39, 0.29) is 0 Å². The van der Waals surface area contributed by atoms with E-state index in [1.165, 1.54) is 0 Å². The predicted molar refractivity (Wildman–Crippen MR) is 121 cm³/mol. The molecule has 0 bridgehead atoms. The smallest absolute Gasteiger partial charge is 0.130 e. The minimum atomic E-state index is 0.432. The van der Waals surface area contributed by atoms with Crippen LogP contribution in [0, 0.1) is 5.41 Å². The summed E-state index contributed by atoms with van der Waals surface area (Å²) in [5.74, 6) is 1.71. The van der Waals surface area contributed by atoms with E-state index < -0.39 is 0 Å². The number of hydrogen-bond acceptors (Lipinski definition) is 2. The highest BCUT2D eigenvalue weighted by Gasteiger charge is 2.04. The Kier molecular flexibility index (Phi) is 12.3. The lowest BCUT2D eigenvalue weighted by atomic mass is 9.93. The standard InChI is InChI=1S/C15H16N2O.C7H14.C2H6/c1-3-4-13-11-16-15(17-13)10-7-12-5-8-14(18-2)9-6-12;1-5-6-7(2,3)4;1-2/h3-11H,1-2H3,(H,16,17);5H,1,6H2,2-4H3;1-2H3/b4-3+,10-7+;;. The van der Waals surface area contributed by atoms with E-state index in [1.807, 2.05) is 81.6 Å². The maximum absolute atomic E-state index is 5.11. The molecule has 1 N–H and O–H groups in total. The predicted octanol–water partition coefficient (Wildman–Crippen LogP) is 7.26. The number of ether oxygens (including phenoxy) is 1. The van der Waals surface area contributed by atoms with E-state index in [2.05, 4.69) is 37.3 Å². The van der Waals surface area contributed by atoms with Crippen molar-refractivity contribution < 1.29 is 4.74 Å². The molecule has 0 spiro atoms. The normalized spacial score (nSPS) is 10.8. The van der Waals surface area contributed by atoms with Crippen molar-refractivity contribution >= 4 is 18.2 Å². The van der Waals surface area contributed by atoms with E-state index in [0.717, 1.165) is 29.3 Å². The van der Waals surface area contributed by atoms with Crippen molar-refractivity contribution in [1.29, 1.82) is 0 Å². The zero-order chi connectivity index (χ0) is 20.7. The van der Waals surface area contributed by atoms with E-state index in [4.69, 9.17) is 4.74 Å². The van der Waals surface area contributed by atoms with Crippen molar-refractivity contribution in [2.45, 2.75) is 48.0 Å². The minimum absolute atomic E-state index is 0.432. The monoisotopic (exact) mass is 368 g/mol. The highest BCUT2D eigenvalue weighted by molar-refractivity contribution is 5.67. The third-order valence-corrected chi connectivity index (χ3v) is 3.27. The van der Waals surface area contributed by atoms with Crippen LogP contribution in [0.25, 0.3) is 18.2 Å².